The molecule has 0 aliphatic carbocycles. The van der Waals surface area contributed by atoms with Gasteiger partial charge in [0.2, 0.25) is 0 Å². The summed E-state index contributed by atoms with van der Waals surface area (Å²) in [7, 11) is 0. The lowest BCUT2D eigenvalue weighted by atomic mass is 10.1. The lowest BCUT2D eigenvalue weighted by Crippen LogP contribution is -2.51. The molecule has 2 amide bonds. The number of urea groups is 1. The Hall–Kier alpha value is -2.76. The Labute approximate surface area is 172 Å². The molecule has 0 saturated carbocycles. The van der Waals surface area contributed by atoms with Gasteiger partial charge in [0.25, 0.3) is 0 Å². The number of benzene rings is 2. The van der Waals surface area contributed by atoms with Crippen molar-refractivity contribution in [2.75, 3.05) is 49.1 Å². The third kappa shape index (κ3) is 5.00. The van der Waals surface area contributed by atoms with Crippen molar-refractivity contribution in [3.05, 3.63) is 59.9 Å². The van der Waals surface area contributed by atoms with E-state index in [1.807, 2.05) is 4.90 Å². The summed E-state index contributed by atoms with van der Waals surface area (Å²) in [5.74, 6) is -0.264. The number of carbonyl (C=O) groups excluding carboxylic acids is 1. The number of nitrogens with one attached hydrogen (secondary N) is 1. The topological polar surface area (TPSA) is 38.8 Å². The summed E-state index contributed by atoms with van der Waals surface area (Å²) in [5, 5.41) is 2.93. The zero-order valence-electron chi connectivity index (χ0n) is 16.8. The number of halogens is 1. The molecule has 2 fully saturated rings. The molecule has 5 nitrogen and oxygen atoms in total. The number of hydrogen-bond acceptors (Lipinski definition) is 3. The zero-order valence-corrected chi connectivity index (χ0v) is 16.8. The van der Waals surface area contributed by atoms with Crippen LogP contribution in [0.25, 0.3) is 0 Å². The van der Waals surface area contributed by atoms with Crippen LogP contribution in [0.4, 0.5) is 20.6 Å². The third-order valence-electron chi connectivity index (χ3n) is 5.86. The second-order valence-corrected chi connectivity index (χ2v) is 7.82. The normalized spacial score (nSPS) is 17.3. The highest BCUT2D eigenvalue weighted by Crippen LogP contribution is 2.24. The van der Waals surface area contributed by atoms with E-state index < -0.39 is 0 Å². The van der Waals surface area contributed by atoms with Crippen molar-refractivity contribution in [1.82, 2.24) is 10.2 Å². The van der Waals surface area contributed by atoms with Gasteiger partial charge in [-0.05, 0) is 61.2 Å². The number of nitrogens with zero attached hydrogens (tertiary/aromatic N) is 3. The summed E-state index contributed by atoms with van der Waals surface area (Å²) < 4.78 is 13.0. The lowest BCUT2D eigenvalue weighted by Gasteiger charge is -2.36. The van der Waals surface area contributed by atoms with E-state index in [1.165, 1.54) is 42.8 Å². The molecule has 0 unspecified atom stereocenters. The van der Waals surface area contributed by atoms with Crippen molar-refractivity contribution in [2.24, 2.45) is 0 Å². The number of rotatable bonds is 4. The molecule has 2 aromatic rings. The predicted octanol–water partition coefficient (Wildman–Crippen LogP) is 3.85. The van der Waals surface area contributed by atoms with E-state index in [9.17, 15) is 9.18 Å². The molecule has 29 heavy (non-hydrogen) atoms. The standard InChI is InChI=1S/C23H29FN4O/c24-20-6-4-19(5-7-20)18-25-23(29)28-16-14-27(15-17-28)22-10-8-21(9-11-22)26-12-2-1-3-13-26/h4-11H,1-3,12-18H2,(H,25,29). The minimum atomic E-state index is -0.264. The zero-order chi connectivity index (χ0) is 20.1. The predicted molar refractivity (Wildman–Crippen MR) is 115 cm³/mol. The van der Waals surface area contributed by atoms with Gasteiger partial charge >= 0.3 is 6.03 Å². The molecule has 0 spiro atoms. The SMILES string of the molecule is O=C(NCc1ccc(F)cc1)N1CCN(c2ccc(N3CCCCC3)cc2)CC1. The monoisotopic (exact) mass is 396 g/mol. The number of amides is 2. The minimum Gasteiger partial charge on any atom is -0.372 e. The average molecular weight is 397 g/mol. The molecule has 154 valence electrons. The van der Waals surface area contributed by atoms with Gasteiger partial charge in [-0.1, -0.05) is 12.1 Å². The van der Waals surface area contributed by atoms with E-state index in [2.05, 4.69) is 39.4 Å². The van der Waals surface area contributed by atoms with Crippen LogP contribution in [0, 0.1) is 5.82 Å². The average Bonchev–Trinajstić information content (AvgIpc) is 2.79. The smallest absolute Gasteiger partial charge is 0.317 e. The Morgan fingerprint density at radius 3 is 1.90 bits per heavy atom. The first-order chi connectivity index (χ1) is 14.2. The summed E-state index contributed by atoms with van der Waals surface area (Å²) in [5.41, 5.74) is 3.43. The quantitative estimate of drug-likeness (QED) is 0.853. The second kappa shape index (κ2) is 9.16. The third-order valence-corrected chi connectivity index (χ3v) is 5.86. The number of anilines is 2. The van der Waals surface area contributed by atoms with E-state index in [-0.39, 0.29) is 11.8 Å². The maximum absolute atomic E-state index is 13.0. The van der Waals surface area contributed by atoms with Gasteiger partial charge in [-0.2, -0.15) is 0 Å². The van der Waals surface area contributed by atoms with Gasteiger partial charge in [-0.3, -0.25) is 0 Å². The highest BCUT2D eigenvalue weighted by molar-refractivity contribution is 5.74. The Bertz CT molecular complexity index is 795. The van der Waals surface area contributed by atoms with Crippen molar-refractivity contribution in [3.63, 3.8) is 0 Å². The van der Waals surface area contributed by atoms with Crippen LogP contribution in [0.5, 0.6) is 0 Å². The maximum atomic E-state index is 13.0. The Morgan fingerprint density at radius 2 is 1.31 bits per heavy atom. The largest absolute Gasteiger partial charge is 0.372 e. The van der Waals surface area contributed by atoms with Gasteiger partial charge in [-0.25, -0.2) is 9.18 Å². The van der Waals surface area contributed by atoms with Crippen molar-refractivity contribution < 1.29 is 9.18 Å². The van der Waals surface area contributed by atoms with Crippen LogP contribution < -0.4 is 15.1 Å². The number of piperidine rings is 1. The Balaban J connectivity index is 1.25. The van der Waals surface area contributed by atoms with Gasteiger partial charge in [0.05, 0.1) is 0 Å². The van der Waals surface area contributed by atoms with E-state index >= 15 is 0 Å². The summed E-state index contributed by atoms with van der Waals surface area (Å²) in [6.45, 7) is 5.78. The molecule has 0 aromatic heterocycles. The van der Waals surface area contributed by atoms with E-state index in [4.69, 9.17) is 0 Å². The van der Waals surface area contributed by atoms with Crippen LogP contribution in [0.15, 0.2) is 48.5 Å². The molecular weight excluding hydrogens is 367 g/mol. The van der Waals surface area contributed by atoms with Crippen LogP contribution in [-0.4, -0.2) is 50.2 Å². The Kier molecular flexibility index (Phi) is 6.17. The summed E-state index contributed by atoms with van der Waals surface area (Å²) in [4.78, 5) is 19.1. The van der Waals surface area contributed by atoms with Crippen molar-refractivity contribution in [1.29, 1.82) is 0 Å². The molecule has 4 rings (SSSR count). The molecule has 2 saturated heterocycles. The van der Waals surface area contributed by atoms with E-state index in [0.717, 1.165) is 31.7 Å². The lowest BCUT2D eigenvalue weighted by molar-refractivity contribution is 0.194. The van der Waals surface area contributed by atoms with Crippen molar-refractivity contribution in [3.8, 4) is 0 Å². The second-order valence-electron chi connectivity index (χ2n) is 7.82. The number of hydrogen-bond donors (Lipinski definition) is 1. The van der Waals surface area contributed by atoms with Crippen molar-refractivity contribution in [2.45, 2.75) is 25.8 Å². The first-order valence-corrected chi connectivity index (χ1v) is 10.6. The van der Waals surface area contributed by atoms with Gasteiger partial charge in [-0.15, -0.1) is 0 Å². The van der Waals surface area contributed by atoms with Crippen molar-refractivity contribution >= 4 is 17.4 Å². The highest BCUT2D eigenvalue weighted by Gasteiger charge is 2.21. The summed E-state index contributed by atoms with van der Waals surface area (Å²) in [6.07, 6.45) is 3.91. The molecule has 0 bridgehead atoms. The molecule has 2 heterocycles. The first-order valence-electron chi connectivity index (χ1n) is 10.6. The van der Waals surface area contributed by atoms with Gasteiger partial charge in [0.15, 0.2) is 0 Å². The van der Waals surface area contributed by atoms with Crippen LogP contribution in [0.2, 0.25) is 0 Å². The highest BCUT2D eigenvalue weighted by atomic mass is 19.1. The molecule has 2 aliphatic heterocycles. The molecule has 0 atom stereocenters. The molecule has 0 radical (unpaired) electrons. The Morgan fingerprint density at radius 1 is 0.759 bits per heavy atom. The number of carbonyl (C=O) groups is 1. The van der Waals surface area contributed by atoms with Gasteiger partial charge < -0.3 is 20.0 Å². The summed E-state index contributed by atoms with van der Waals surface area (Å²) >= 11 is 0. The molecule has 6 heteroatoms. The fraction of sp³-hybridized carbons (Fsp3) is 0.435. The van der Waals surface area contributed by atoms with E-state index in [0.29, 0.717) is 19.6 Å². The molecule has 2 aliphatic rings. The van der Waals surface area contributed by atoms with Gasteiger partial charge in [0.1, 0.15) is 5.82 Å². The molecular formula is C23H29FN4O. The van der Waals surface area contributed by atoms with Crippen LogP contribution in [0.1, 0.15) is 24.8 Å². The molecule has 1 N–H and O–H groups in total. The van der Waals surface area contributed by atoms with Crippen LogP contribution in [-0.2, 0) is 6.54 Å². The fourth-order valence-corrected chi connectivity index (χ4v) is 4.09. The van der Waals surface area contributed by atoms with Crippen LogP contribution in [0.3, 0.4) is 0 Å². The fourth-order valence-electron chi connectivity index (χ4n) is 4.09. The molecule has 2 aromatic carbocycles. The van der Waals surface area contributed by atoms with Gasteiger partial charge in [0, 0.05) is 57.2 Å². The maximum Gasteiger partial charge on any atom is 0.317 e. The minimum absolute atomic E-state index is 0.0607. The summed E-state index contributed by atoms with van der Waals surface area (Å²) in [6, 6.07) is 15.0. The van der Waals surface area contributed by atoms with Crippen LogP contribution >= 0.6 is 0 Å². The first kappa shape index (κ1) is 19.6. The number of piperazine rings is 1. The van der Waals surface area contributed by atoms with E-state index in [1.54, 1.807) is 12.1 Å².